The van der Waals surface area contributed by atoms with Gasteiger partial charge in [0.25, 0.3) is 6.43 Å². The molecule has 0 radical (unpaired) electrons. The third kappa shape index (κ3) is 6.40. The van der Waals surface area contributed by atoms with Gasteiger partial charge in [0.15, 0.2) is 0 Å². The number of carbonyl (C=O) groups is 1. The smallest absolute Gasteiger partial charge is 0.263 e. The molecule has 4 heteroatoms. The Morgan fingerprint density at radius 2 is 1.62 bits per heavy atom. The fourth-order valence-electron chi connectivity index (χ4n) is 4.21. The predicted molar refractivity (Wildman–Crippen MR) is 117 cm³/mol. The summed E-state index contributed by atoms with van der Waals surface area (Å²) < 4.78 is 25.3. The summed E-state index contributed by atoms with van der Waals surface area (Å²) in [6.45, 7) is 2.26. The van der Waals surface area contributed by atoms with E-state index in [2.05, 4.69) is 19.1 Å². The number of halogens is 2. The van der Waals surface area contributed by atoms with E-state index in [4.69, 9.17) is 0 Å². The van der Waals surface area contributed by atoms with Gasteiger partial charge in [-0.05, 0) is 67.0 Å². The molecule has 1 saturated carbocycles. The molecule has 156 valence electrons. The molecule has 0 N–H and O–H groups in total. The minimum absolute atomic E-state index is 0.0593. The molecule has 1 aliphatic rings. The summed E-state index contributed by atoms with van der Waals surface area (Å²) in [5.74, 6) is 1.54. The number of rotatable bonds is 8. The van der Waals surface area contributed by atoms with E-state index in [1.807, 2.05) is 12.1 Å². The first kappa shape index (κ1) is 22.0. The molecule has 0 atom stereocenters. The standard InChI is InChI=1S/C25H30F2OS/c1-2-3-4-5-18-6-8-19(9-7-18)20-14-16-23(17-15-20)29-25(28)22-12-10-21(11-13-22)24(26)27/h10-19,24H,2-9H2,1H3/t18-,19-. The van der Waals surface area contributed by atoms with Crippen LogP contribution in [-0.4, -0.2) is 5.12 Å². The summed E-state index contributed by atoms with van der Waals surface area (Å²) in [6, 6.07) is 13.9. The summed E-state index contributed by atoms with van der Waals surface area (Å²) in [7, 11) is 0. The largest absolute Gasteiger partial charge is 0.281 e. The highest BCUT2D eigenvalue weighted by Gasteiger charge is 2.22. The van der Waals surface area contributed by atoms with Gasteiger partial charge in [0.2, 0.25) is 5.12 Å². The molecule has 0 saturated heterocycles. The summed E-state index contributed by atoms with van der Waals surface area (Å²) in [4.78, 5) is 13.3. The van der Waals surface area contributed by atoms with Gasteiger partial charge in [-0.2, -0.15) is 0 Å². The van der Waals surface area contributed by atoms with Crippen molar-refractivity contribution in [3.8, 4) is 0 Å². The van der Waals surface area contributed by atoms with Crippen molar-refractivity contribution >= 4 is 16.9 Å². The lowest BCUT2D eigenvalue weighted by Crippen LogP contribution is -2.13. The Morgan fingerprint density at radius 1 is 0.966 bits per heavy atom. The molecule has 29 heavy (non-hydrogen) atoms. The fourth-order valence-corrected chi connectivity index (χ4v) is 4.95. The molecule has 1 aliphatic carbocycles. The van der Waals surface area contributed by atoms with Gasteiger partial charge in [-0.25, -0.2) is 8.78 Å². The zero-order valence-electron chi connectivity index (χ0n) is 17.1. The van der Waals surface area contributed by atoms with Crippen LogP contribution in [0.4, 0.5) is 8.78 Å². The zero-order valence-corrected chi connectivity index (χ0v) is 17.9. The highest BCUT2D eigenvalue weighted by molar-refractivity contribution is 8.14. The van der Waals surface area contributed by atoms with Crippen molar-refractivity contribution in [1.82, 2.24) is 0 Å². The number of hydrogen-bond acceptors (Lipinski definition) is 2. The number of hydrogen-bond donors (Lipinski definition) is 0. The van der Waals surface area contributed by atoms with Crippen LogP contribution in [-0.2, 0) is 0 Å². The summed E-state index contributed by atoms with van der Waals surface area (Å²) in [6.07, 6.45) is 8.09. The number of benzene rings is 2. The molecule has 3 rings (SSSR count). The highest BCUT2D eigenvalue weighted by Crippen LogP contribution is 2.38. The lowest BCUT2D eigenvalue weighted by Gasteiger charge is -2.29. The van der Waals surface area contributed by atoms with Gasteiger partial charge in [-0.1, -0.05) is 69.0 Å². The van der Waals surface area contributed by atoms with E-state index < -0.39 is 6.43 Å². The highest BCUT2D eigenvalue weighted by atomic mass is 32.2. The maximum Gasteiger partial charge on any atom is 0.263 e. The quantitative estimate of drug-likeness (QED) is 0.317. The molecule has 0 spiro atoms. The molecule has 1 fully saturated rings. The monoisotopic (exact) mass is 416 g/mol. The normalized spacial score (nSPS) is 19.4. The van der Waals surface area contributed by atoms with E-state index in [9.17, 15) is 13.6 Å². The first-order valence-corrected chi connectivity index (χ1v) is 11.6. The van der Waals surface area contributed by atoms with Crippen LogP contribution in [0.1, 0.15) is 92.1 Å². The molecule has 0 aromatic heterocycles. The Labute approximate surface area is 177 Å². The maximum absolute atomic E-state index is 12.6. The van der Waals surface area contributed by atoms with Crippen molar-refractivity contribution in [2.75, 3.05) is 0 Å². The molecule has 0 bridgehead atoms. The predicted octanol–water partition coefficient (Wildman–Crippen LogP) is 8.41. The Hall–Kier alpha value is -1.68. The van der Waals surface area contributed by atoms with Gasteiger partial charge in [-0.15, -0.1) is 0 Å². The van der Waals surface area contributed by atoms with E-state index in [1.54, 1.807) is 0 Å². The number of carbonyl (C=O) groups excluding carboxylic acids is 1. The summed E-state index contributed by atoms with van der Waals surface area (Å²) >= 11 is 1.15. The Morgan fingerprint density at radius 3 is 2.21 bits per heavy atom. The van der Waals surface area contributed by atoms with Gasteiger partial charge in [0, 0.05) is 16.0 Å². The van der Waals surface area contributed by atoms with E-state index in [1.165, 1.54) is 81.2 Å². The van der Waals surface area contributed by atoms with Gasteiger partial charge in [0.05, 0.1) is 0 Å². The first-order valence-electron chi connectivity index (χ1n) is 10.8. The molecule has 2 aromatic carbocycles. The molecular formula is C25H30F2OS. The molecule has 0 heterocycles. The van der Waals surface area contributed by atoms with Crippen LogP contribution in [0.3, 0.4) is 0 Å². The molecule has 0 unspecified atom stereocenters. The van der Waals surface area contributed by atoms with Crippen molar-refractivity contribution in [2.45, 2.75) is 75.5 Å². The zero-order chi connectivity index (χ0) is 20.6. The lowest BCUT2D eigenvalue weighted by molar-refractivity contribution is 0.108. The minimum Gasteiger partial charge on any atom is -0.281 e. The Kier molecular flexibility index (Phi) is 8.29. The van der Waals surface area contributed by atoms with E-state index in [-0.39, 0.29) is 10.7 Å². The second kappa shape index (κ2) is 10.9. The molecular weight excluding hydrogens is 386 g/mol. The van der Waals surface area contributed by atoms with Crippen LogP contribution in [0.5, 0.6) is 0 Å². The van der Waals surface area contributed by atoms with Crippen molar-refractivity contribution in [1.29, 1.82) is 0 Å². The number of unbranched alkanes of at least 4 members (excludes halogenated alkanes) is 2. The van der Waals surface area contributed by atoms with Gasteiger partial charge in [-0.3, -0.25) is 4.79 Å². The lowest BCUT2D eigenvalue weighted by atomic mass is 9.77. The second-order valence-corrected chi connectivity index (χ2v) is 9.14. The second-order valence-electron chi connectivity index (χ2n) is 8.09. The SMILES string of the molecule is CCCCC[C@H]1CC[C@H](c2ccc(SC(=O)c3ccc(C(F)F)cc3)cc2)CC1. The molecule has 0 aliphatic heterocycles. The van der Waals surface area contributed by atoms with Crippen molar-refractivity contribution in [3.05, 3.63) is 65.2 Å². The van der Waals surface area contributed by atoms with E-state index in [0.29, 0.717) is 11.5 Å². The van der Waals surface area contributed by atoms with Crippen LogP contribution >= 0.6 is 11.8 Å². The molecule has 1 nitrogen and oxygen atoms in total. The van der Waals surface area contributed by atoms with Crippen LogP contribution in [0.15, 0.2) is 53.4 Å². The van der Waals surface area contributed by atoms with Crippen molar-refractivity contribution in [2.24, 2.45) is 5.92 Å². The fraction of sp³-hybridized carbons (Fsp3) is 0.480. The van der Waals surface area contributed by atoms with E-state index >= 15 is 0 Å². The summed E-state index contributed by atoms with van der Waals surface area (Å²) in [5.41, 5.74) is 1.76. The van der Waals surface area contributed by atoms with E-state index in [0.717, 1.165) is 22.6 Å². The molecule has 0 amide bonds. The molecule has 2 aromatic rings. The number of alkyl halides is 2. The van der Waals surface area contributed by atoms with Crippen LogP contribution < -0.4 is 0 Å². The Bertz CT molecular complexity index is 762. The third-order valence-electron chi connectivity index (χ3n) is 6.02. The maximum atomic E-state index is 12.6. The van der Waals surface area contributed by atoms with Crippen molar-refractivity contribution < 1.29 is 13.6 Å². The summed E-state index contributed by atoms with van der Waals surface area (Å²) in [5, 5.41) is -0.119. The van der Waals surface area contributed by atoms with Crippen LogP contribution in [0.2, 0.25) is 0 Å². The minimum atomic E-state index is -2.51. The van der Waals surface area contributed by atoms with Gasteiger partial charge in [0.1, 0.15) is 0 Å². The van der Waals surface area contributed by atoms with Crippen LogP contribution in [0.25, 0.3) is 0 Å². The average molecular weight is 417 g/mol. The average Bonchev–Trinajstić information content (AvgIpc) is 2.75. The van der Waals surface area contributed by atoms with Crippen LogP contribution in [0, 0.1) is 5.92 Å². The first-order chi connectivity index (χ1) is 14.1. The van der Waals surface area contributed by atoms with Crippen molar-refractivity contribution in [3.63, 3.8) is 0 Å². The Balaban J connectivity index is 1.50. The third-order valence-corrected chi connectivity index (χ3v) is 6.95. The topological polar surface area (TPSA) is 17.1 Å². The van der Waals surface area contributed by atoms with Gasteiger partial charge < -0.3 is 0 Å². The van der Waals surface area contributed by atoms with Gasteiger partial charge >= 0.3 is 0 Å². The number of thioether (sulfide) groups is 1.